The first kappa shape index (κ1) is 15.8. The molecular weight excluding hydrogens is 290 g/mol. The number of nitrogens with one attached hydrogen (secondary N) is 1. The summed E-state index contributed by atoms with van der Waals surface area (Å²) in [7, 11) is 0. The van der Waals surface area contributed by atoms with Crippen LogP contribution in [0.4, 0.5) is 4.79 Å². The van der Waals surface area contributed by atoms with Crippen molar-refractivity contribution in [2.45, 2.75) is 52.1 Å². The summed E-state index contributed by atoms with van der Waals surface area (Å²) in [6, 6.07) is 4.40. The first-order chi connectivity index (χ1) is 10.8. The molecule has 1 fully saturated rings. The molecule has 5 nitrogen and oxygen atoms in total. The van der Waals surface area contributed by atoms with Crippen molar-refractivity contribution in [3.05, 3.63) is 29.5 Å². The van der Waals surface area contributed by atoms with E-state index in [1.807, 2.05) is 31.9 Å². The van der Waals surface area contributed by atoms with Gasteiger partial charge in [-0.2, -0.15) is 5.10 Å². The third-order valence-electron chi connectivity index (χ3n) is 4.41. The van der Waals surface area contributed by atoms with Crippen LogP contribution in [0.5, 0.6) is 0 Å². The summed E-state index contributed by atoms with van der Waals surface area (Å²) < 4.78 is 5.46. The lowest BCUT2D eigenvalue weighted by Crippen LogP contribution is -2.41. The van der Waals surface area contributed by atoms with Gasteiger partial charge < -0.3 is 9.64 Å². The van der Waals surface area contributed by atoms with Crippen LogP contribution in [0.1, 0.15) is 50.7 Å². The molecule has 0 radical (unpaired) electrons. The number of rotatable bonds is 1. The monoisotopic (exact) mass is 315 g/mol. The average molecular weight is 315 g/mol. The number of piperidine rings is 1. The van der Waals surface area contributed by atoms with Crippen molar-refractivity contribution >= 4 is 17.0 Å². The normalized spacial score (nSPS) is 16.8. The smallest absolute Gasteiger partial charge is 0.410 e. The van der Waals surface area contributed by atoms with Crippen LogP contribution in [-0.2, 0) is 4.74 Å². The molecule has 0 unspecified atom stereocenters. The van der Waals surface area contributed by atoms with Gasteiger partial charge in [0, 0.05) is 18.5 Å². The Balaban J connectivity index is 1.68. The first-order valence-electron chi connectivity index (χ1n) is 8.25. The van der Waals surface area contributed by atoms with E-state index < -0.39 is 5.60 Å². The Labute approximate surface area is 137 Å². The van der Waals surface area contributed by atoms with E-state index in [0.717, 1.165) is 36.8 Å². The highest BCUT2D eigenvalue weighted by molar-refractivity contribution is 5.79. The highest BCUT2D eigenvalue weighted by Crippen LogP contribution is 2.32. The zero-order chi connectivity index (χ0) is 16.6. The third kappa shape index (κ3) is 3.49. The van der Waals surface area contributed by atoms with Crippen LogP contribution in [-0.4, -0.2) is 39.9 Å². The lowest BCUT2D eigenvalue weighted by atomic mass is 9.86. The fourth-order valence-corrected chi connectivity index (χ4v) is 3.26. The largest absolute Gasteiger partial charge is 0.444 e. The van der Waals surface area contributed by atoms with E-state index in [1.54, 1.807) is 0 Å². The summed E-state index contributed by atoms with van der Waals surface area (Å²) in [6.45, 7) is 9.37. The molecule has 1 amide bonds. The van der Waals surface area contributed by atoms with Crippen molar-refractivity contribution in [3.63, 3.8) is 0 Å². The van der Waals surface area contributed by atoms with Crippen LogP contribution >= 0.6 is 0 Å². The number of amides is 1. The van der Waals surface area contributed by atoms with Crippen LogP contribution in [0, 0.1) is 6.92 Å². The van der Waals surface area contributed by atoms with Crippen molar-refractivity contribution in [1.29, 1.82) is 0 Å². The summed E-state index contributed by atoms with van der Waals surface area (Å²) >= 11 is 0. The molecule has 0 aliphatic carbocycles. The highest BCUT2D eigenvalue weighted by Gasteiger charge is 2.28. The molecule has 23 heavy (non-hydrogen) atoms. The SMILES string of the molecule is Cc1cc2cn[nH]c2cc1C1CCN(C(=O)OC(C)(C)C)CC1. The number of nitrogens with zero attached hydrogens (tertiary/aromatic N) is 2. The number of hydrogen-bond donors (Lipinski definition) is 1. The molecule has 1 aromatic heterocycles. The quantitative estimate of drug-likeness (QED) is 0.865. The van der Waals surface area contributed by atoms with Crippen LogP contribution in [0.25, 0.3) is 10.9 Å². The predicted molar refractivity (Wildman–Crippen MR) is 90.6 cm³/mol. The van der Waals surface area contributed by atoms with E-state index in [-0.39, 0.29) is 6.09 Å². The lowest BCUT2D eigenvalue weighted by Gasteiger charge is -2.34. The number of carbonyl (C=O) groups is 1. The molecule has 1 saturated heterocycles. The highest BCUT2D eigenvalue weighted by atomic mass is 16.6. The molecule has 0 bridgehead atoms. The maximum absolute atomic E-state index is 12.2. The first-order valence-corrected chi connectivity index (χ1v) is 8.25. The van der Waals surface area contributed by atoms with Gasteiger partial charge in [-0.3, -0.25) is 5.10 Å². The van der Waals surface area contributed by atoms with Gasteiger partial charge in [-0.1, -0.05) is 0 Å². The van der Waals surface area contributed by atoms with E-state index in [4.69, 9.17) is 4.74 Å². The zero-order valence-corrected chi connectivity index (χ0v) is 14.3. The summed E-state index contributed by atoms with van der Waals surface area (Å²) in [5.41, 5.74) is 3.32. The Kier molecular flexibility index (Phi) is 4.04. The number of likely N-dealkylation sites (tertiary alicyclic amines) is 1. The number of benzene rings is 1. The van der Waals surface area contributed by atoms with Crippen molar-refractivity contribution in [2.24, 2.45) is 0 Å². The van der Waals surface area contributed by atoms with Crippen LogP contribution in [0.3, 0.4) is 0 Å². The number of hydrogen-bond acceptors (Lipinski definition) is 3. The number of aromatic nitrogens is 2. The molecule has 5 heteroatoms. The Hall–Kier alpha value is -2.04. The number of H-pyrrole nitrogens is 1. The van der Waals surface area contributed by atoms with Gasteiger partial charge in [0.05, 0.1) is 11.7 Å². The summed E-state index contributed by atoms with van der Waals surface area (Å²) in [5, 5.41) is 8.30. The Morgan fingerprint density at radius 1 is 1.30 bits per heavy atom. The molecule has 1 aliphatic heterocycles. The molecular formula is C18H25N3O2. The van der Waals surface area contributed by atoms with Gasteiger partial charge in [-0.05, 0) is 69.7 Å². The fourth-order valence-electron chi connectivity index (χ4n) is 3.26. The van der Waals surface area contributed by atoms with Crippen molar-refractivity contribution in [1.82, 2.24) is 15.1 Å². The molecule has 1 N–H and O–H groups in total. The number of aromatic amines is 1. The van der Waals surface area contributed by atoms with Crippen molar-refractivity contribution in [3.8, 4) is 0 Å². The summed E-state index contributed by atoms with van der Waals surface area (Å²) in [4.78, 5) is 14.0. The van der Waals surface area contributed by atoms with E-state index in [0.29, 0.717) is 5.92 Å². The fraction of sp³-hybridized carbons (Fsp3) is 0.556. The second kappa shape index (κ2) is 5.87. The molecule has 2 heterocycles. The minimum Gasteiger partial charge on any atom is -0.444 e. The van der Waals surface area contributed by atoms with Gasteiger partial charge in [0.2, 0.25) is 0 Å². The van der Waals surface area contributed by atoms with Gasteiger partial charge in [0.15, 0.2) is 0 Å². The van der Waals surface area contributed by atoms with E-state index in [1.165, 1.54) is 11.1 Å². The van der Waals surface area contributed by atoms with Gasteiger partial charge >= 0.3 is 6.09 Å². The molecule has 1 aliphatic rings. The molecule has 0 saturated carbocycles. The summed E-state index contributed by atoms with van der Waals surface area (Å²) in [6.07, 6.45) is 3.60. The van der Waals surface area contributed by atoms with Crippen molar-refractivity contribution < 1.29 is 9.53 Å². The molecule has 3 rings (SSSR count). The maximum atomic E-state index is 12.2. The second-order valence-corrected chi connectivity index (χ2v) is 7.41. The van der Waals surface area contributed by atoms with E-state index in [2.05, 4.69) is 29.3 Å². The van der Waals surface area contributed by atoms with Crippen molar-refractivity contribution in [2.75, 3.05) is 13.1 Å². The molecule has 1 aromatic carbocycles. The van der Waals surface area contributed by atoms with Crippen LogP contribution in [0.2, 0.25) is 0 Å². The van der Waals surface area contributed by atoms with Gasteiger partial charge in [0.1, 0.15) is 5.60 Å². The van der Waals surface area contributed by atoms with E-state index >= 15 is 0 Å². The molecule has 2 aromatic rings. The number of carbonyl (C=O) groups excluding carboxylic acids is 1. The number of fused-ring (bicyclic) bond motifs is 1. The third-order valence-corrected chi connectivity index (χ3v) is 4.41. The number of aryl methyl sites for hydroxylation is 1. The maximum Gasteiger partial charge on any atom is 0.410 e. The minimum atomic E-state index is -0.434. The topological polar surface area (TPSA) is 58.2 Å². The zero-order valence-electron chi connectivity index (χ0n) is 14.3. The summed E-state index contributed by atoms with van der Waals surface area (Å²) in [5.74, 6) is 0.487. The van der Waals surface area contributed by atoms with Crippen LogP contribution in [0.15, 0.2) is 18.3 Å². The standard InChI is InChI=1S/C18H25N3O2/c1-12-9-14-11-19-20-16(14)10-15(12)13-5-7-21(8-6-13)17(22)23-18(2,3)4/h9-11,13H,5-8H2,1-4H3,(H,19,20). The molecule has 0 atom stereocenters. The van der Waals surface area contributed by atoms with E-state index in [9.17, 15) is 4.79 Å². The Bertz CT molecular complexity index is 707. The molecule has 124 valence electrons. The van der Waals surface area contributed by atoms with Gasteiger partial charge in [-0.15, -0.1) is 0 Å². The average Bonchev–Trinajstić information content (AvgIpc) is 2.92. The number of ether oxygens (including phenoxy) is 1. The molecule has 0 spiro atoms. The Morgan fingerprint density at radius 3 is 2.65 bits per heavy atom. The van der Waals surface area contributed by atoms with Gasteiger partial charge in [-0.25, -0.2) is 4.79 Å². The predicted octanol–water partition coefficient (Wildman–Crippen LogP) is 3.99. The second-order valence-electron chi connectivity index (χ2n) is 7.41. The lowest BCUT2D eigenvalue weighted by molar-refractivity contribution is 0.0205. The van der Waals surface area contributed by atoms with Crippen LogP contribution < -0.4 is 0 Å². The Morgan fingerprint density at radius 2 is 2.00 bits per heavy atom. The van der Waals surface area contributed by atoms with Gasteiger partial charge in [0.25, 0.3) is 0 Å². The minimum absolute atomic E-state index is 0.198.